The van der Waals surface area contributed by atoms with Gasteiger partial charge < -0.3 is 10.5 Å². The summed E-state index contributed by atoms with van der Waals surface area (Å²) in [6, 6.07) is 9.01. The van der Waals surface area contributed by atoms with Gasteiger partial charge in [-0.3, -0.25) is 0 Å². The molecule has 0 aliphatic carbocycles. The van der Waals surface area contributed by atoms with E-state index in [-0.39, 0.29) is 17.6 Å². The Labute approximate surface area is 112 Å². The van der Waals surface area contributed by atoms with E-state index in [0.29, 0.717) is 5.69 Å². The Bertz CT molecular complexity index is 510. The maximum Gasteiger partial charge on any atom is 0.337 e. The summed E-state index contributed by atoms with van der Waals surface area (Å²) in [5.74, 6) is -0.971. The van der Waals surface area contributed by atoms with Crippen LogP contribution in [0.4, 0.5) is 5.69 Å². The zero-order valence-corrected chi connectivity index (χ0v) is 10.8. The van der Waals surface area contributed by atoms with Gasteiger partial charge in [-0.15, -0.1) is 0 Å². The topological polar surface area (TPSA) is 76.4 Å². The van der Waals surface area contributed by atoms with Gasteiger partial charge in [0.25, 0.3) is 0 Å². The molecule has 1 aliphatic rings. The number of hydrazine groups is 1. The smallest absolute Gasteiger partial charge is 0.337 e. The second-order valence-corrected chi connectivity index (χ2v) is 4.79. The Morgan fingerprint density at radius 2 is 2.21 bits per heavy atom. The van der Waals surface area contributed by atoms with E-state index in [9.17, 15) is 10.1 Å². The first kappa shape index (κ1) is 13.4. The average Bonchev–Trinajstić information content (AvgIpc) is 2.41. The highest BCUT2D eigenvalue weighted by Gasteiger charge is 2.28. The molecule has 2 atom stereocenters. The number of benzene rings is 1. The lowest BCUT2D eigenvalue weighted by atomic mass is 9.99. The van der Waals surface area contributed by atoms with E-state index < -0.39 is 5.97 Å². The van der Waals surface area contributed by atoms with Gasteiger partial charge in [-0.25, -0.2) is 9.80 Å². The van der Waals surface area contributed by atoms with Gasteiger partial charge in [0.05, 0.1) is 17.3 Å². The molecule has 0 spiro atoms. The fourth-order valence-electron chi connectivity index (χ4n) is 2.41. The van der Waals surface area contributed by atoms with Crippen molar-refractivity contribution in [2.45, 2.75) is 38.3 Å². The van der Waals surface area contributed by atoms with Gasteiger partial charge in [0.15, 0.2) is 0 Å². The van der Waals surface area contributed by atoms with Crippen molar-refractivity contribution >= 4 is 11.7 Å². The number of hydrogen-bond acceptors (Lipinski definition) is 4. The number of nitriles is 1. The quantitative estimate of drug-likeness (QED) is 0.872. The van der Waals surface area contributed by atoms with Crippen molar-refractivity contribution < 1.29 is 9.90 Å². The van der Waals surface area contributed by atoms with Crippen molar-refractivity contribution in [2.75, 3.05) is 5.43 Å². The summed E-state index contributed by atoms with van der Waals surface area (Å²) in [5, 5.41) is 20.2. The number of carboxylic acids is 1. The summed E-state index contributed by atoms with van der Waals surface area (Å²) >= 11 is 0. The Kier molecular flexibility index (Phi) is 4.03. The zero-order valence-electron chi connectivity index (χ0n) is 10.8. The molecule has 1 heterocycles. The van der Waals surface area contributed by atoms with E-state index in [1.807, 2.05) is 11.9 Å². The lowest BCUT2D eigenvalue weighted by molar-refractivity contribution is 0.0696. The molecule has 1 aromatic carbocycles. The molecular formula is C14H17N3O2. The maximum atomic E-state index is 11.2. The zero-order chi connectivity index (χ0) is 13.8. The molecule has 0 saturated carbocycles. The highest BCUT2D eigenvalue weighted by atomic mass is 16.4. The predicted octanol–water partition coefficient (Wildman–Crippen LogP) is 2.48. The van der Waals surface area contributed by atoms with Crippen LogP contribution in [0.2, 0.25) is 0 Å². The number of hydrogen-bond donors (Lipinski definition) is 2. The van der Waals surface area contributed by atoms with Crippen LogP contribution < -0.4 is 5.43 Å². The number of anilines is 1. The number of nitrogens with one attached hydrogen (secondary N) is 1. The van der Waals surface area contributed by atoms with Crippen LogP contribution in [0.1, 0.15) is 36.5 Å². The minimum atomic E-state index is -0.971. The van der Waals surface area contributed by atoms with Crippen LogP contribution in [0.15, 0.2) is 24.3 Å². The van der Waals surface area contributed by atoms with Crippen molar-refractivity contribution in [1.82, 2.24) is 5.01 Å². The number of aromatic carboxylic acids is 1. The second kappa shape index (κ2) is 5.72. The van der Waals surface area contributed by atoms with E-state index in [2.05, 4.69) is 11.5 Å². The Hall–Kier alpha value is -2.06. The summed E-state index contributed by atoms with van der Waals surface area (Å²) in [6.45, 7) is 2.04. The number of piperidine rings is 1. The van der Waals surface area contributed by atoms with E-state index >= 15 is 0 Å². The van der Waals surface area contributed by atoms with Gasteiger partial charge in [-0.05, 0) is 38.3 Å². The highest BCUT2D eigenvalue weighted by molar-refractivity contribution is 5.94. The van der Waals surface area contributed by atoms with E-state index in [0.717, 1.165) is 19.3 Å². The van der Waals surface area contributed by atoms with Crippen LogP contribution in [0.5, 0.6) is 0 Å². The first-order chi connectivity index (χ1) is 9.13. The second-order valence-electron chi connectivity index (χ2n) is 4.79. The normalized spacial score (nSPS) is 23.6. The molecule has 0 bridgehead atoms. The van der Waals surface area contributed by atoms with Crippen LogP contribution in [-0.2, 0) is 0 Å². The van der Waals surface area contributed by atoms with Crippen LogP contribution in [-0.4, -0.2) is 28.2 Å². The number of carbonyl (C=O) groups is 1. The van der Waals surface area contributed by atoms with Gasteiger partial charge in [0.2, 0.25) is 0 Å². The van der Waals surface area contributed by atoms with E-state index in [1.54, 1.807) is 24.3 Å². The molecule has 0 radical (unpaired) electrons. The Balaban J connectivity index is 2.24. The molecule has 1 aromatic rings. The lowest BCUT2D eigenvalue weighted by Crippen LogP contribution is -2.48. The Morgan fingerprint density at radius 1 is 1.47 bits per heavy atom. The summed E-state index contributed by atoms with van der Waals surface area (Å²) < 4.78 is 0. The number of rotatable bonds is 3. The standard InChI is InChI=1S/C14H17N3O2/c1-10-5-4-6-11(9-15)17(10)16-13-8-3-2-7-12(13)14(18)19/h2-3,7-8,10-11,16H,4-6H2,1H3,(H,18,19)/t10-,11-/m0/s1. The summed E-state index contributed by atoms with van der Waals surface area (Å²) in [7, 11) is 0. The number of para-hydroxylation sites is 1. The van der Waals surface area contributed by atoms with E-state index in [4.69, 9.17) is 5.11 Å². The number of carboxylic acid groups (broad SMARTS) is 1. The van der Waals surface area contributed by atoms with Crippen LogP contribution in [0.3, 0.4) is 0 Å². The van der Waals surface area contributed by atoms with Gasteiger partial charge >= 0.3 is 5.97 Å². The van der Waals surface area contributed by atoms with Crippen molar-refractivity contribution in [2.24, 2.45) is 0 Å². The molecule has 0 aromatic heterocycles. The van der Waals surface area contributed by atoms with Crippen molar-refractivity contribution in [3.8, 4) is 6.07 Å². The summed E-state index contributed by atoms with van der Waals surface area (Å²) in [4.78, 5) is 11.2. The molecule has 5 nitrogen and oxygen atoms in total. The molecular weight excluding hydrogens is 242 g/mol. The van der Waals surface area contributed by atoms with Crippen molar-refractivity contribution in [3.63, 3.8) is 0 Å². The van der Waals surface area contributed by atoms with Crippen LogP contribution in [0, 0.1) is 11.3 Å². The first-order valence-electron chi connectivity index (χ1n) is 6.40. The van der Waals surface area contributed by atoms with Crippen molar-refractivity contribution in [1.29, 1.82) is 5.26 Å². The first-order valence-corrected chi connectivity index (χ1v) is 6.40. The molecule has 1 saturated heterocycles. The fourth-order valence-corrected chi connectivity index (χ4v) is 2.41. The molecule has 100 valence electrons. The molecule has 2 rings (SSSR count). The van der Waals surface area contributed by atoms with Crippen LogP contribution in [0.25, 0.3) is 0 Å². The predicted molar refractivity (Wildman–Crippen MR) is 71.6 cm³/mol. The SMILES string of the molecule is C[C@H]1CCC[C@@H](C#N)N1Nc1ccccc1C(=O)O. The third kappa shape index (κ3) is 2.85. The third-order valence-corrected chi connectivity index (χ3v) is 3.47. The molecule has 2 N–H and O–H groups in total. The van der Waals surface area contributed by atoms with Gasteiger partial charge in [-0.1, -0.05) is 12.1 Å². The highest BCUT2D eigenvalue weighted by Crippen LogP contribution is 2.25. The molecule has 0 unspecified atom stereocenters. The molecule has 0 amide bonds. The lowest BCUT2D eigenvalue weighted by Gasteiger charge is -2.37. The average molecular weight is 259 g/mol. The fraction of sp³-hybridized carbons (Fsp3) is 0.429. The summed E-state index contributed by atoms with van der Waals surface area (Å²) in [5.41, 5.74) is 3.86. The van der Waals surface area contributed by atoms with Crippen LogP contribution >= 0.6 is 0 Å². The largest absolute Gasteiger partial charge is 0.478 e. The van der Waals surface area contributed by atoms with Crippen molar-refractivity contribution in [3.05, 3.63) is 29.8 Å². The van der Waals surface area contributed by atoms with E-state index in [1.165, 1.54) is 0 Å². The van der Waals surface area contributed by atoms with Gasteiger partial charge in [0, 0.05) is 6.04 Å². The molecule has 1 fully saturated rings. The Morgan fingerprint density at radius 3 is 2.89 bits per heavy atom. The van der Waals surface area contributed by atoms with Gasteiger partial charge in [0.1, 0.15) is 6.04 Å². The molecule has 1 aliphatic heterocycles. The monoisotopic (exact) mass is 259 g/mol. The molecule has 19 heavy (non-hydrogen) atoms. The minimum absolute atomic E-state index is 0.209. The minimum Gasteiger partial charge on any atom is -0.478 e. The maximum absolute atomic E-state index is 11.2. The number of nitrogens with zero attached hydrogens (tertiary/aromatic N) is 2. The van der Waals surface area contributed by atoms with Gasteiger partial charge in [-0.2, -0.15) is 5.26 Å². The third-order valence-electron chi connectivity index (χ3n) is 3.47. The molecule has 5 heteroatoms. The summed E-state index contributed by atoms with van der Waals surface area (Å²) in [6.07, 6.45) is 2.83.